The Morgan fingerprint density at radius 2 is 2.24 bits per heavy atom. The van der Waals surface area contributed by atoms with Crippen LogP contribution in [-0.2, 0) is 0 Å². The highest BCUT2D eigenvalue weighted by atomic mass is 15.0. The molecule has 0 radical (unpaired) electrons. The fourth-order valence-electron chi connectivity index (χ4n) is 2.93. The molecule has 1 atom stereocenters. The Hall–Kier alpha value is -0.830. The Morgan fingerprint density at radius 3 is 2.88 bits per heavy atom. The molecule has 1 heterocycles. The molecule has 0 aromatic carbocycles. The van der Waals surface area contributed by atoms with Gasteiger partial charge in [0, 0.05) is 12.4 Å². The van der Waals surface area contributed by atoms with Crippen molar-refractivity contribution in [1.29, 1.82) is 0 Å². The largest absolute Gasteiger partial charge is 0.347 e. The molecule has 3 heteroatoms. The number of H-pyrrole nitrogens is 1. The Labute approximate surface area is 104 Å². The molecule has 1 fully saturated rings. The number of aromatic amines is 1. The smallest absolute Gasteiger partial charge is 0.123 e. The van der Waals surface area contributed by atoms with Crippen molar-refractivity contribution in [3.63, 3.8) is 0 Å². The zero-order valence-corrected chi connectivity index (χ0v) is 10.9. The van der Waals surface area contributed by atoms with Crippen molar-refractivity contribution in [3.8, 4) is 0 Å². The van der Waals surface area contributed by atoms with Crippen molar-refractivity contribution in [2.75, 3.05) is 6.54 Å². The predicted molar refractivity (Wildman–Crippen MR) is 70.8 cm³/mol. The van der Waals surface area contributed by atoms with Crippen LogP contribution in [0.3, 0.4) is 0 Å². The minimum absolute atomic E-state index is 0.414. The molecule has 1 aromatic heterocycles. The fraction of sp³-hybridized carbons (Fsp3) is 0.786. The summed E-state index contributed by atoms with van der Waals surface area (Å²) in [5.74, 6) is 2.06. The topological polar surface area (TPSA) is 40.7 Å². The van der Waals surface area contributed by atoms with Crippen LogP contribution >= 0.6 is 0 Å². The summed E-state index contributed by atoms with van der Waals surface area (Å²) in [5, 5.41) is 3.53. The molecule has 0 aliphatic heterocycles. The van der Waals surface area contributed by atoms with Crippen LogP contribution < -0.4 is 5.32 Å². The van der Waals surface area contributed by atoms with Gasteiger partial charge in [-0.25, -0.2) is 4.98 Å². The number of nitrogens with one attached hydrogen (secondary N) is 2. The molecule has 96 valence electrons. The van der Waals surface area contributed by atoms with Crippen LogP contribution in [-0.4, -0.2) is 16.5 Å². The normalized spacial score (nSPS) is 19.4. The van der Waals surface area contributed by atoms with E-state index in [2.05, 4.69) is 22.2 Å². The molecule has 0 spiro atoms. The van der Waals surface area contributed by atoms with E-state index in [1.165, 1.54) is 44.9 Å². The highest BCUT2D eigenvalue weighted by Crippen LogP contribution is 2.29. The maximum Gasteiger partial charge on any atom is 0.123 e. The van der Waals surface area contributed by atoms with Gasteiger partial charge in [0.2, 0.25) is 0 Å². The lowest BCUT2D eigenvalue weighted by atomic mass is 9.85. The van der Waals surface area contributed by atoms with Crippen molar-refractivity contribution >= 4 is 0 Å². The van der Waals surface area contributed by atoms with Crippen molar-refractivity contribution < 1.29 is 0 Å². The second-order valence-corrected chi connectivity index (χ2v) is 5.17. The predicted octanol–water partition coefficient (Wildman–Crippen LogP) is 3.42. The van der Waals surface area contributed by atoms with E-state index < -0.39 is 0 Å². The molecular weight excluding hydrogens is 210 g/mol. The molecule has 1 aliphatic rings. The monoisotopic (exact) mass is 235 g/mol. The minimum Gasteiger partial charge on any atom is -0.347 e. The van der Waals surface area contributed by atoms with E-state index >= 15 is 0 Å². The maximum atomic E-state index is 4.38. The van der Waals surface area contributed by atoms with Gasteiger partial charge in [-0.05, 0) is 25.3 Å². The van der Waals surface area contributed by atoms with E-state index in [0.29, 0.717) is 6.04 Å². The highest BCUT2D eigenvalue weighted by molar-refractivity contribution is 4.95. The van der Waals surface area contributed by atoms with Crippen molar-refractivity contribution in [2.45, 2.75) is 57.9 Å². The molecule has 0 saturated heterocycles. The molecule has 1 unspecified atom stereocenters. The summed E-state index contributed by atoms with van der Waals surface area (Å²) in [6.45, 7) is 3.17. The van der Waals surface area contributed by atoms with Gasteiger partial charge in [-0.1, -0.05) is 39.0 Å². The molecule has 0 bridgehead atoms. The first-order valence-corrected chi connectivity index (χ1v) is 7.12. The number of nitrogens with zero attached hydrogens (tertiary/aromatic N) is 1. The summed E-state index contributed by atoms with van der Waals surface area (Å²) < 4.78 is 0. The Bertz CT molecular complexity index is 288. The van der Waals surface area contributed by atoms with Crippen LogP contribution in [0, 0.1) is 5.92 Å². The van der Waals surface area contributed by atoms with Gasteiger partial charge in [0.25, 0.3) is 0 Å². The molecule has 0 amide bonds. The number of aromatic nitrogens is 2. The number of hydrogen-bond acceptors (Lipinski definition) is 2. The SMILES string of the molecule is CCNC(CCC1CCCCC1)c1ncc[nH]1. The summed E-state index contributed by atoms with van der Waals surface area (Å²) in [4.78, 5) is 7.62. The van der Waals surface area contributed by atoms with Crippen LogP contribution in [0.1, 0.15) is 63.7 Å². The number of imidazole rings is 1. The summed E-state index contributed by atoms with van der Waals surface area (Å²) in [7, 11) is 0. The molecule has 3 nitrogen and oxygen atoms in total. The van der Waals surface area contributed by atoms with Gasteiger partial charge < -0.3 is 10.3 Å². The Morgan fingerprint density at radius 1 is 1.41 bits per heavy atom. The summed E-state index contributed by atoms with van der Waals surface area (Å²) in [6, 6.07) is 0.414. The van der Waals surface area contributed by atoms with E-state index in [1.54, 1.807) is 0 Å². The van der Waals surface area contributed by atoms with Crippen LogP contribution in [0.5, 0.6) is 0 Å². The van der Waals surface area contributed by atoms with Crippen LogP contribution in [0.25, 0.3) is 0 Å². The third-order valence-electron chi connectivity index (χ3n) is 3.89. The second-order valence-electron chi connectivity index (χ2n) is 5.17. The fourth-order valence-corrected chi connectivity index (χ4v) is 2.93. The first-order valence-electron chi connectivity index (χ1n) is 7.12. The third kappa shape index (κ3) is 3.84. The van der Waals surface area contributed by atoms with Crippen LogP contribution in [0.15, 0.2) is 12.4 Å². The lowest BCUT2D eigenvalue weighted by Crippen LogP contribution is -2.23. The first kappa shape index (κ1) is 12.6. The van der Waals surface area contributed by atoms with Gasteiger partial charge in [-0.15, -0.1) is 0 Å². The van der Waals surface area contributed by atoms with Gasteiger partial charge in [0.15, 0.2) is 0 Å². The molecule has 17 heavy (non-hydrogen) atoms. The number of rotatable bonds is 6. The Kier molecular flexibility index (Phi) is 5.05. The van der Waals surface area contributed by atoms with Gasteiger partial charge in [0.05, 0.1) is 6.04 Å². The average molecular weight is 235 g/mol. The Balaban J connectivity index is 1.81. The second kappa shape index (κ2) is 6.80. The zero-order chi connectivity index (χ0) is 11.9. The van der Waals surface area contributed by atoms with Crippen molar-refractivity contribution in [2.24, 2.45) is 5.92 Å². The van der Waals surface area contributed by atoms with E-state index in [9.17, 15) is 0 Å². The van der Waals surface area contributed by atoms with Crippen LogP contribution in [0.2, 0.25) is 0 Å². The molecule has 1 aromatic rings. The van der Waals surface area contributed by atoms with Gasteiger partial charge >= 0.3 is 0 Å². The molecular formula is C14H25N3. The van der Waals surface area contributed by atoms with Crippen molar-refractivity contribution in [1.82, 2.24) is 15.3 Å². The van der Waals surface area contributed by atoms with Gasteiger partial charge in [0.1, 0.15) is 5.82 Å². The summed E-state index contributed by atoms with van der Waals surface area (Å²) in [5.41, 5.74) is 0. The molecule has 2 rings (SSSR count). The zero-order valence-electron chi connectivity index (χ0n) is 10.9. The molecule has 1 aliphatic carbocycles. The third-order valence-corrected chi connectivity index (χ3v) is 3.89. The summed E-state index contributed by atoms with van der Waals surface area (Å²) >= 11 is 0. The van der Waals surface area contributed by atoms with E-state index in [1.807, 2.05) is 12.4 Å². The maximum absolute atomic E-state index is 4.38. The van der Waals surface area contributed by atoms with Crippen molar-refractivity contribution in [3.05, 3.63) is 18.2 Å². The standard InChI is InChI=1S/C14H25N3/c1-2-15-13(14-16-10-11-17-14)9-8-12-6-4-3-5-7-12/h10-13,15H,2-9H2,1H3,(H,16,17). The molecule has 1 saturated carbocycles. The highest BCUT2D eigenvalue weighted by Gasteiger charge is 2.17. The lowest BCUT2D eigenvalue weighted by Gasteiger charge is -2.24. The van der Waals surface area contributed by atoms with E-state index in [-0.39, 0.29) is 0 Å². The summed E-state index contributed by atoms with van der Waals surface area (Å²) in [6.07, 6.45) is 13.5. The quantitative estimate of drug-likeness (QED) is 0.793. The van der Waals surface area contributed by atoms with Gasteiger partial charge in [-0.2, -0.15) is 0 Å². The minimum atomic E-state index is 0.414. The first-order chi connectivity index (χ1) is 8.40. The average Bonchev–Trinajstić information content (AvgIpc) is 2.89. The lowest BCUT2D eigenvalue weighted by molar-refractivity contribution is 0.313. The van der Waals surface area contributed by atoms with Gasteiger partial charge in [-0.3, -0.25) is 0 Å². The van der Waals surface area contributed by atoms with E-state index in [0.717, 1.165) is 18.3 Å². The van der Waals surface area contributed by atoms with E-state index in [4.69, 9.17) is 0 Å². The van der Waals surface area contributed by atoms with Crippen LogP contribution in [0.4, 0.5) is 0 Å². The molecule has 2 N–H and O–H groups in total. The number of hydrogen-bond donors (Lipinski definition) is 2.